The van der Waals surface area contributed by atoms with E-state index in [0.717, 1.165) is 11.3 Å². The summed E-state index contributed by atoms with van der Waals surface area (Å²) in [5.41, 5.74) is 2.15. The van der Waals surface area contributed by atoms with Crippen molar-refractivity contribution in [1.29, 1.82) is 0 Å². The molecular weight excluding hydrogens is 176 g/mol. The predicted molar refractivity (Wildman–Crippen MR) is 58.3 cm³/mol. The van der Waals surface area contributed by atoms with Crippen LogP contribution in [0.1, 0.15) is 12.5 Å². The highest BCUT2D eigenvalue weighted by molar-refractivity contribution is 5.84. The van der Waals surface area contributed by atoms with E-state index in [0.29, 0.717) is 0 Å². The Balaban J connectivity index is 2.69. The van der Waals surface area contributed by atoms with Crippen molar-refractivity contribution < 1.29 is 4.79 Å². The second kappa shape index (κ2) is 4.65. The molecule has 0 aliphatic rings. The predicted octanol–water partition coefficient (Wildman–Crippen LogP) is 1.54. The Morgan fingerprint density at radius 2 is 2.00 bits per heavy atom. The molecule has 0 heterocycles. The number of aryl methyl sites for hydroxylation is 1. The van der Waals surface area contributed by atoms with E-state index in [1.807, 2.05) is 38.1 Å². The van der Waals surface area contributed by atoms with Crippen LogP contribution in [0.2, 0.25) is 0 Å². The van der Waals surface area contributed by atoms with Crippen molar-refractivity contribution in [3.63, 3.8) is 0 Å². The minimum absolute atomic E-state index is 0.00625. The zero-order chi connectivity index (χ0) is 10.6. The van der Waals surface area contributed by atoms with Crippen molar-refractivity contribution in [3.8, 4) is 0 Å². The summed E-state index contributed by atoms with van der Waals surface area (Å²) in [5, 5.41) is 5.75. The highest BCUT2D eigenvalue weighted by Crippen LogP contribution is 2.13. The van der Waals surface area contributed by atoms with Gasteiger partial charge in [-0.1, -0.05) is 18.2 Å². The average molecular weight is 192 g/mol. The fourth-order valence-electron chi connectivity index (χ4n) is 1.25. The van der Waals surface area contributed by atoms with Crippen LogP contribution in [0.15, 0.2) is 24.3 Å². The lowest BCUT2D eigenvalue weighted by Gasteiger charge is -2.15. The van der Waals surface area contributed by atoms with E-state index in [1.165, 1.54) is 0 Å². The van der Waals surface area contributed by atoms with Crippen LogP contribution in [-0.2, 0) is 4.79 Å². The molecule has 1 rings (SSSR count). The summed E-state index contributed by atoms with van der Waals surface area (Å²) >= 11 is 0. The van der Waals surface area contributed by atoms with Crippen LogP contribution < -0.4 is 10.6 Å². The molecule has 0 radical (unpaired) electrons. The third-order valence-electron chi connectivity index (χ3n) is 2.16. The number of hydrogen-bond donors (Lipinski definition) is 2. The Kier molecular flexibility index (Phi) is 3.51. The minimum Gasteiger partial charge on any atom is -0.374 e. The molecule has 3 heteroatoms. The van der Waals surface area contributed by atoms with Gasteiger partial charge in [0, 0.05) is 12.7 Å². The summed E-state index contributed by atoms with van der Waals surface area (Å²) in [6.07, 6.45) is 0. The molecule has 0 fully saturated rings. The molecule has 76 valence electrons. The summed E-state index contributed by atoms with van der Waals surface area (Å²) < 4.78 is 0. The quantitative estimate of drug-likeness (QED) is 0.762. The molecule has 14 heavy (non-hydrogen) atoms. The van der Waals surface area contributed by atoms with Crippen LogP contribution in [0.4, 0.5) is 5.69 Å². The van der Waals surface area contributed by atoms with Crippen LogP contribution in [0, 0.1) is 6.92 Å². The van der Waals surface area contributed by atoms with E-state index in [4.69, 9.17) is 0 Å². The molecule has 1 atom stereocenters. The first-order chi connectivity index (χ1) is 6.65. The first kappa shape index (κ1) is 10.6. The molecule has 1 unspecified atom stereocenters. The van der Waals surface area contributed by atoms with Crippen LogP contribution in [-0.4, -0.2) is 19.0 Å². The SMILES string of the molecule is CNC(=O)C(C)Nc1ccccc1C. The second-order valence-electron chi connectivity index (χ2n) is 3.30. The maximum atomic E-state index is 11.3. The monoisotopic (exact) mass is 192 g/mol. The largest absolute Gasteiger partial charge is 0.374 e. The van der Waals surface area contributed by atoms with E-state index >= 15 is 0 Å². The highest BCUT2D eigenvalue weighted by atomic mass is 16.2. The first-order valence-electron chi connectivity index (χ1n) is 4.69. The number of carbonyl (C=O) groups is 1. The number of amides is 1. The van der Waals surface area contributed by atoms with Gasteiger partial charge in [-0.2, -0.15) is 0 Å². The lowest BCUT2D eigenvalue weighted by atomic mass is 10.2. The molecule has 0 saturated carbocycles. The van der Waals surface area contributed by atoms with E-state index < -0.39 is 0 Å². The zero-order valence-electron chi connectivity index (χ0n) is 8.79. The molecule has 0 spiro atoms. The van der Waals surface area contributed by atoms with Crippen molar-refractivity contribution in [2.24, 2.45) is 0 Å². The van der Waals surface area contributed by atoms with E-state index in [1.54, 1.807) is 7.05 Å². The van der Waals surface area contributed by atoms with Gasteiger partial charge in [-0.3, -0.25) is 4.79 Å². The van der Waals surface area contributed by atoms with E-state index in [9.17, 15) is 4.79 Å². The number of anilines is 1. The fraction of sp³-hybridized carbons (Fsp3) is 0.364. The lowest BCUT2D eigenvalue weighted by molar-refractivity contribution is -0.121. The Labute approximate surface area is 84.5 Å². The molecule has 2 N–H and O–H groups in total. The van der Waals surface area contributed by atoms with Crippen LogP contribution in [0.3, 0.4) is 0 Å². The summed E-state index contributed by atoms with van der Waals surface area (Å²) in [4.78, 5) is 11.3. The molecule has 0 bridgehead atoms. The van der Waals surface area contributed by atoms with Gasteiger partial charge in [0.25, 0.3) is 0 Å². The van der Waals surface area contributed by atoms with Crippen LogP contribution in [0.5, 0.6) is 0 Å². The smallest absolute Gasteiger partial charge is 0.241 e. The van der Waals surface area contributed by atoms with Crippen molar-refractivity contribution in [1.82, 2.24) is 5.32 Å². The summed E-state index contributed by atoms with van der Waals surface area (Å²) in [5.74, 6) is -0.00625. The van der Waals surface area contributed by atoms with Gasteiger partial charge in [-0.15, -0.1) is 0 Å². The Morgan fingerprint density at radius 1 is 1.36 bits per heavy atom. The number of para-hydroxylation sites is 1. The fourth-order valence-corrected chi connectivity index (χ4v) is 1.25. The summed E-state index contributed by atoms with van der Waals surface area (Å²) in [6, 6.07) is 7.70. The second-order valence-corrected chi connectivity index (χ2v) is 3.30. The van der Waals surface area contributed by atoms with Gasteiger partial charge in [0.1, 0.15) is 6.04 Å². The Hall–Kier alpha value is -1.51. The number of nitrogens with one attached hydrogen (secondary N) is 2. The minimum atomic E-state index is -0.207. The maximum absolute atomic E-state index is 11.3. The highest BCUT2D eigenvalue weighted by Gasteiger charge is 2.10. The molecular formula is C11H16N2O. The summed E-state index contributed by atoms with van der Waals surface area (Å²) in [7, 11) is 1.64. The molecule has 1 aromatic carbocycles. The normalized spacial score (nSPS) is 11.9. The third kappa shape index (κ3) is 2.49. The number of benzene rings is 1. The van der Waals surface area contributed by atoms with Gasteiger partial charge >= 0.3 is 0 Å². The van der Waals surface area contributed by atoms with Gasteiger partial charge in [0.05, 0.1) is 0 Å². The number of carbonyl (C=O) groups excluding carboxylic acids is 1. The standard InChI is InChI=1S/C11H16N2O/c1-8-6-4-5-7-10(8)13-9(2)11(14)12-3/h4-7,9,13H,1-3H3,(H,12,14). The van der Waals surface area contributed by atoms with E-state index in [2.05, 4.69) is 10.6 Å². The van der Waals surface area contributed by atoms with Gasteiger partial charge in [0.15, 0.2) is 0 Å². The number of likely N-dealkylation sites (N-methyl/N-ethyl adjacent to an activating group) is 1. The van der Waals surface area contributed by atoms with Gasteiger partial charge in [-0.05, 0) is 25.5 Å². The third-order valence-corrected chi connectivity index (χ3v) is 2.16. The molecule has 1 aromatic rings. The molecule has 1 amide bonds. The number of rotatable bonds is 3. The molecule has 0 aliphatic carbocycles. The van der Waals surface area contributed by atoms with Gasteiger partial charge < -0.3 is 10.6 Å². The molecule has 0 saturated heterocycles. The number of hydrogen-bond acceptors (Lipinski definition) is 2. The Bertz CT molecular complexity index is 323. The van der Waals surface area contributed by atoms with Gasteiger partial charge in [0.2, 0.25) is 5.91 Å². The average Bonchev–Trinajstić information content (AvgIpc) is 2.20. The van der Waals surface area contributed by atoms with Crippen molar-refractivity contribution in [2.75, 3.05) is 12.4 Å². The Morgan fingerprint density at radius 3 is 2.57 bits per heavy atom. The topological polar surface area (TPSA) is 41.1 Å². The van der Waals surface area contributed by atoms with Gasteiger partial charge in [-0.25, -0.2) is 0 Å². The van der Waals surface area contributed by atoms with Crippen LogP contribution >= 0.6 is 0 Å². The first-order valence-corrected chi connectivity index (χ1v) is 4.69. The summed E-state index contributed by atoms with van der Waals surface area (Å²) in [6.45, 7) is 3.85. The van der Waals surface area contributed by atoms with Crippen molar-refractivity contribution in [2.45, 2.75) is 19.9 Å². The molecule has 3 nitrogen and oxygen atoms in total. The van der Waals surface area contributed by atoms with Crippen LogP contribution in [0.25, 0.3) is 0 Å². The molecule has 0 aliphatic heterocycles. The maximum Gasteiger partial charge on any atom is 0.241 e. The van der Waals surface area contributed by atoms with Crippen molar-refractivity contribution >= 4 is 11.6 Å². The van der Waals surface area contributed by atoms with E-state index in [-0.39, 0.29) is 11.9 Å². The zero-order valence-corrected chi connectivity index (χ0v) is 8.79. The lowest BCUT2D eigenvalue weighted by Crippen LogP contribution is -2.35. The molecule has 0 aromatic heterocycles. The van der Waals surface area contributed by atoms with Crippen molar-refractivity contribution in [3.05, 3.63) is 29.8 Å².